The molecule has 1 aromatic carbocycles. The van der Waals surface area contributed by atoms with Crippen molar-refractivity contribution < 1.29 is 9.32 Å². The maximum Gasteiger partial charge on any atom is 0.257 e. The van der Waals surface area contributed by atoms with Crippen LogP contribution in [0.4, 0.5) is 0 Å². The lowest BCUT2D eigenvalue weighted by molar-refractivity contribution is 0.0937. The van der Waals surface area contributed by atoms with Crippen LogP contribution in [0.15, 0.2) is 47.1 Å². The number of benzene rings is 1. The summed E-state index contributed by atoms with van der Waals surface area (Å²) in [6, 6.07) is 12.4. The normalized spacial score (nSPS) is 17.9. The van der Waals surface area contributed by atoms with Crippen LogP contribution in [0.3, 0.4) is 0 Å². The lowest BCUT2D eigenvalue weighted by atomic mass is 10.2. The van der Waals surface area contributed by atoms with Crippen molar-refractivity contribution in [3.63, 3.8) is 0 Å². The van der Waals surface area contributed by atoms with E-state index >= 15 is 0 Å². The van der Waals surface area contributed by atoms with Gasteiger partial charge in [0, 0.05) is 31.9 Å². The van der Waals surface area contributed by atoms with Gasteiger partial charge in [-0.1, -0.05) is 35.5 Å². The van der Waals surface area contributed by atoms with Crippen molar-refractivity contribution in [2.45, 2.75) is 25.9 Å². The van der Waals surface area contributed by atoms with Gasteiger partial charge in [-0.15, -0.1) is 0 Å². The van der Waals surface area contributed by atoms with Crippen LogP contribution in [-0.4, -0.2) is 40.1 Å². The molecule has 1 amide bonds. The molecule has 25 heavy (non-hydrogen) atoms. The monoisotopic (exact) mass is 336 g/mol. The van der Waals surface area contributed by atoms with Gasteiger partial charge in [0.05, 0.1) is 16.6 Å². The van der Waals surface area contributed by atoms with Crippen LogP contribution in [-0.2, 0) is 6.54 Å². The number of nitrogens with one attached hydrogen (secondary N) is 1. The number of hydrogen-bond donors (Lipinski definition) is 1. The number of hydrogen-bond acceptors (Lipinski definition) is 5. The van der Waals surface area contributed by atoms with E-state index in [4.69, 9.17) is 4.52 Å². The summed E-state index contributed by atoms with van der Waals surface area (Å²) in [5.74, 6) is -0.0958. The summed E-state index contributed by atoms with van der Waals surface area (Å²) in [4.78, 5) is 19.1. The Hall–Kier alpha value is -2.73. The number of carbonyl (C=O) groups is 1. The van der Waals surface area contributed by atoms with E-state index in [1.54, 1.807) is 12.3 Å². The van der Waals surface area contributed by atoms with Crippen LogP contribution < -0.4 is 5.32 Å². The second kappa shape index (κ2) is 6.64. The molecule has 1 atom stereocenters. The number of nitrogens with zero attached hydrogens (tertiary/aromatic N) is 3. The van der Waals surface area contributed by atoms with Crippen LogP contribution in [0, 0.1) is 6.92 Å². The van der Waals surface area contributed by atoms with E-state index in [1.165, 1.54) is 5.56 Å². The molecule has 1 aliphatic heterocycles. The molecule has 1 unspecified atom stereocenters. The number of likely N-dealkylation sites (tertiary alicyclic amines) is 1. The second-order valence-corrected chi connectivity index (χ2v) is 6.52. The Bertz CT molecular complexity index is 891. The largest absolute Gasteiger partial charge is 0.348 e. The SMILES string of the molecule is Cc1noc2ncc(C(=O)NC3CCN(Cc4ccccc4)C3)cc12. The molecular formula is C19H20N4O2. The topological polar surface area (TPSA) is 71.3 Å². The third kappa shape index (κ3) is 3.39. The highest BCUT2D eigenvalue weighted by Crippen LogP contribution is 2.18. The van der Waals surface area contributed by atoms with Gasteiger partial charge in [0.25, 0.3) is 11.6 Å². The Morgan fingerprint density at radius 2 is 2.20 bits per heavy atom. The van der Waals surface area contributed by atoms with Crippen molar-refractivity contribution in [2.75, 3.05) is 13.1 Å². The molecule has 3 heterocycles. The van der Waals surface area contributed by atoms with Gasteiger partial charge in [-0.25, -0.2) is 4.98 Å². The van der Waals surface area contributed by atoms with Gasteiger partial charge in [-0.2, -0.15) is 0 Å². The van der Waals surface area contributed by atoms with E-state index < -0.39 is 0 Å². The zero-order chi connectivity index (χ0) is 17.2. The third-order valence-electron chi connectivity index (χ3n) is 4.63. The standard InChI is InChI=1S/C19H20N4O2/c1-13-17-9-15(10-20-19(17)25-22-13)18(24)21-16-7-8-23(12-16)11-14-5-3-2-4-6-14/h2-6,9-10,16H,7-8,11-12H2,1H3,(H,21,24). The minimum absolute atomic E-state index is 0.0958. The average Bonchev–Trinajstić information content (AvgIpc) is 3.22. The molecule has 1 aliphatic rings. The highest BCUT2D eigenvalue weighted by Gasteiger charge is 2.24. The fraction of sp³-hybridized carbons (Fsp3) is 0.316. The van der Waals surface area contributed by atoms with Gasteiger partial charge in [0.15, 0.2) is 0 Å². The molecule has 0 aliphatic carbocycles. The predicted octanol–water partition coefficient (Wildman–Crippen LogP) is 2.54. The fourth-order valence-electron chi connectivity index (χ4n) is 3.27. The molecule has 128 valence electrons. The molecule has 4 rings (SSSR count). The van der Waals surface area contributed by atoms with Crippen LogP contribution in [0.1, 0.15) is 28.0 Å². The highest BCUT2D eigenvalue weighted by molar-refractivity contribution is 5.97. The van der Waals surface area contributed by atoms with Gasteiger partial charge in [-0.3, -0.25) is 9.69 Å². The summed E-state index contributed by atoms with van der Waals surface area (Å²) in [7, 11) is 0. The highest BCUT2D eigenvalue weighted by atomic mass is 16.5. The Morgan fingerprint density at radius 1 is 1.36 bits per heavy atom. The molecule has 6 heteroatoms. The van der Waals surface area contributed by atoms with Crippen molar-refractivity contribution in [3.8, 4) is 0 Å². The maximum atomic E-state index is 12.5. The molecule has 0 radical (unpaired) electrons. The smallest absolute Gasteiger partial charge is 0.257 e. The Labute approximate surface area is 145 Å². The summed E-state index contributed by atoms with van der Waals surface area (Å²) >= 11 is 0. The minimum Gasteiger partial charge on any atom is -0.348 e. The number of pyridine rings is 1. The maximum absolute atomic E-state index is 12.5. The van der Waals surface area contributed by atoms with Crippen molar-refractivity contribution in [3.05, 3.63) is 59.4 Å². The molecule has 6 nitrogen and oxygen atoms in total. The Morgan fingerprint density at radius 3 is 3.04 bits per heavy atom. The van der Waals surface area contributed by atoms with Crippen LogP contribution in [0.5, 0.6) is 0 Å². The first kappa shape index (κ1) is 15.8. The number of fused-ring (bicyclic) bond motifs is 1. The number of aromatic nitrogens is 2. The molecule has 1 fully saturated rings. The molecule has 0 spiro atoms. The van der Waals surface area contributed by atoms with E-state index in [9.17, 15) is 4.79 Å². The third-order valence-corrected chi connectivity index (χ3v) is 4.63. The molecule has 2 aromatic heterocycles. The first-order chi connectivity index (χ1) is 12.2. The van der Waals surface area contributed by atoms with Crippen LogP contribution >= 0.6 is 0 Å². The van der Waals surface area contributed by atoms with Gasteiger partial charge in [-0.05, 0) is 25.0 Å². The summed E-state index contributed by atoms with van der Waals surface area (Å²) in [6.07, 6.45) is 2.50. The van der Waals surface area contributed by atoms with Gasteiger partial charge < -0.3 is 9.84 Å². The van der Waals surface area contributed by atoms with Crippen molar-refractivity contribution in [2.24, 2.45) is 0 Å². The molecular weight excluding hydrogens is 316 g/mol. The molecule has 0 bridgehead atoms. The van der Waals surface area contributed by atoms with E-state index in [0.29, 0.717) is 11.3 Å². The van der Waals surface area contributed by atoms with E-state index in [1.807, 2.05) is 13.0 Å². The van der Waals surface area contributed by atoms with E-state index in [2.05, 4.69) is 44.6 Å². The minimum atomic E-state index is -0.0958. The lowest BCUT2D eigenvalue weighted by Crippen LogP contribution is -2.37. The first-order valence-corrected chi connectivity index (χ1v) is 8.48. The lowest BCUT2D eigenvalue weighted by Gasteiger charge is -2.16. The number of amides is 1. The quantitative estimate of drug-likeness (QED) is 0.793. The fourth-order valence-corrected chi connectivity index (χ4v) is 3.27. The number of carbonyl (C=O) groups excluding carboxylic acids is 1. The van der Waals surface area contributed by atoms with Crippen molar-refractivity contribution in [1.82, 2.24) is 20.4 Å². The van der Waals surface area contributed by atoms with Gasteiger partial charge >= 0.3 is 0 Å². The molecule has 1 N–H and O–H groups in total. The summed E-state index contributed by atoms with van der Waals surface area (Å²) in [6.45, 7) is 4.61. The van der Waals surface area contributed by atoms with Crippen molar-refractivity contribution in [1.29, 1.82) is 0 Å². The summed E-state index contributed by atoms with van der Waals surface area (Å²) in [5.41, 5.74) is 3.04. The summed E-state index contributed by atoms with van der Waals surface area (Å²) < 4.78 is 5.09. The second-order valence-electron chi connectivity index (χ2n) is 6.52. The van der Waals surface area contributed by atoms with Crippen LogP contribution in [0.25, 0.3) is 11.1 Å². The Kier molecular flexibility index (Phi) is 4.19. The average molecular weight is 336 g/mol. The molecule has 3 aromatic rings. The van der Waals surface area contributed by atoms with Crippen molar-refractivity contribution >= 4 is 17.0 Å². The van der Waals surface area contributed by atoms with Gasteiger partial charge in [0.1, 0.15) is 0 Å². The first-order valence-electron chi connectivity index (χ1n) is 8.48. The zero-order valence-corrected chi connectivity index (χ0v) is 14.1. The van der Waals surface area contributed by atoms with E-state index in [-0.39, 0.29) is 11.9 Å². The number of aryl methyl sites for hydroxylation is 1. The summed E-state index contributed by atoms with van der Waals surface area (Å²) in [5, 5.41) is 7.77. The van der Waals surface area contributed by atoms with Crippen LogP contribution in [0.2, 0.25) is 0 Å². The number of rotatable bonds is 4. The molecule has 1 saturated heterocycles. The Balaban J connectivity index is 1.38. The van der Waals surface area contributed by atoms with E-state index in [0.717, 1.165) is 37.1 Å². The van der Waals surface area contributed by atoms with Gasteiger partial charge in [0.2, 0.25) is 0 Å². The molecule has 0 saturated carbocycles. The predicted molar refractivity (Wildman–Crippen MR) is 94.1 cm³/mol. The zero-order valence-electron chi connectivity index (χ0n) is 14.1.